The van der Waals surface area contributed by atoms with Crippen LogP contribution in [0, 0.1) is 19.8 Å². The lowest BCUT2D eigenvalue weighted by Crippen LogP contribution is -2.40. The summed E-state index contributed by atoms with van der Waals surface area (Å²) in [7, 11) is -3.71. The SMILES string of the molecule is CCn1cnc2c(c1=O)CCN(S(=O)(=O)c1c(C)nn(CC(C)C)c1C)C2. The van der Waals surface area contributed by atoms with Crippen molar-refractivity contribution in [2.45, 2.75) is 65.6 Å². The number of fused-ring (bicyclic) bond motifs is 1. The van der Waals surface area contributed by atoms with Gasteiger partial charge in [-0.05, 0) is 33.1 Å². The average Bonchev–Trinajstić information content (AvgIpc) is 2.88. The molecule has 9 heteroatoms. The first-order valence-electron chi connectivity index (χ1n) is 9.28. The molecule has 0 aromatic carbocycles. The van der Waals surface area contributed by atoms with E-state index in [1.165, 1.54) is 10.6 Å². The Kier molecular flexibility index (Phi) is 5.27. The molecular formula is C18H27N5O3S. The van der Waals surface area contributed by atoms with Crippen molar-refractivity contribution in [1.82, 2.24) is 23.6 Å². The van der Waals surface area contributed by atoms with Gasteiger partial charge in [0.2, 0.25) is 10.0 Å². The maximum Gasteiger partial charge on any atom is 0.256 e. The van der Waals surface area contributed by atoms with Crippen molar-refractivity contribution in [2.75, 3.05) is 6.54 Å². The van der Waals surface area contributed by atoms with Crippen LogP contribution in [0.4, 0.5) is 0 Å². The molecule has 3 rings (SSSR count). The molecule has 1 aliphatic heterocycles. The number of aromatic nitrogens is 4. The highest BCUT2D eigenvalue weighted by Gasteiger charge is 2.34. The molecule has 2 aromatic rings. The van der Waals surface area contributed by atoms with Crippen LogP contribution in [-0.2, 0) is 36.1 Å². The Morgan fingerprint density at radius 3 is 2.59 bits per heavy atom. The van der Waals surface area contributed by atoms with Crippen molar-refractivity contribution in [3.63, 3.8) is 0 Å². The van der Waals surface area contributed by atoms with Crippen molar-refractivity contribution in [2.24, 2.45) is 5.92 Å². The molecule has 2 aromatic heterocycles. The van der Waals surface area contributed by atoms with Gasteiger partial charge in [0, 0.05) is 25.2 Å². The van der Waals surface area contributed by atoms with Crippen LogP contribution in [0.3, 0.4) is 0 Å². The lowest BCUT2D eigenvalue weighted by atomic mass is 10.1. The molecule has 0 atom stereocenters. The van der Waals surface area contributed by atoms with Gasteiger partial charge >= 0.3 is 0 Å². The summed E-state index contributed by atoms with van der Waals surface area (Å²) in [5.41, 5.74) is 2.26. The van der Waals surface area contributed by atoms with Crippen LogP contribution in [0.2, 0.25) is 0 Å². The molecule has 0 spiro atoms. The number of rotatable bonds is 5. The minimum atomic E-state index is -3.71. The monoisotopic (exact) mass is 393 g/mol. The summed E-state index contributed by atoms with van der Waals surface area (Å²) >= 11 is 0. The minimum Gasteiger partial charge on any atom is -0.299 e. The van der Waals surface area contributed by atoms with Gasteiger partial charge in [-0.25, -0.2) is 13.4 Å². The Morgan fingerprint density at radius 1 is 1.26 bits per heavy atom. The molecule has 0 saturated heterocycles. The fourth-order valence-electron chi connectivity index (χ4n) is 3.57. The third-order valence-corrected chi connectivity index (χ3v) is 7.05. The van der Waals surface area contributed by atoms with Crippen molar-refractivity contribution in [1.29, 1.82) is 0 Å². The molecule has 0 saturated carbocycles. The summed E-state index contributed by atoms with van der Waals surface area (Å²) in [6, 6.07) is 0. The Labute approximate surface area is 159 Å². The molecule has 0 N–H and O–H groups in total. The van der Waals surface area contributed by atoms with Crippen molar-refractivity contribution < 1.29 is 8.42 Å². The van der Waals surface area contributed by atoms with Crippen LogP contribution >= 0.6 is 0 Å². The summed E-state index contributed by atoms with van der Waals surface area (Å²) in [5, 5.41) is 4.43. The van der Waals surface area contributed by atoms with Crippen LogP contribution in [-0.4, -0.2) is 38.6 Å². The highest BCUT2D eigenvalue weighted by Crippen LogP contribution is 2.27. The molecule has 3 heterocycles. The van der Waals surface area contributed by atoms with Gasteiger partial charge in [0.1, 0.15) is 4.90 Å². The zero-order chi connectivity index (χ0) is 19.9. The van der Waals surface area contributed by atoms with Gasteiger partial charge < -0.3 is 0 Å². The van der Waals surface area contributed by atoms with Gasteiger partial charge in [-0.3, -0.25) is 14.0 Å². The number of sulfonamides is 1. The Balaban J connectivity index is 1.97. The van der Waals surface area contributed by atoms with E-state index in [2.05, 4.69) is 23.9 Å². The van der Waals surface area contributed by atoms with E-state index in [0.29, 0.717) is 48.1 Å². The molecule has 1 aliphatic rings. The maximum atomic E-state index is 13.3. The molecule has 8 nitrogen and oxygen atoms in total. The van der Waals surface area contributed by atoms with Crippen LogP contribution in [0.25, 0.3) is 0 Å². The molecule has 0 amide bonds. The number of aryl methyl sites for hydroxylation is 2. The van der Waals surface area contributed by atoms with E-state index in [1.54, 1.807) is 23.1 Å². The highest BCUT2D eigenvalue weighted by molar-refractivity contribution is 7.89. The third-order valence-electron chi connectivity index (χ3n) is 4.95. The summed E-state index contributed by atoms with van der Waals surface area (Å²) in [6.07, 6.45) is 1.87. The molecule has 0 bridgehead atoms. The van der Waals surface area contributed by atoms with Gasteiger partial charge in [-0.1, -0.05) is 13.8 Å². The Bertz CT molecular complexity index is 1020. The number of hydrogen-bond donors (Lipinski definition) is 0. The zero-order valence-corrected chi connectivity index (χ0v) is 17.4. The molecule has 148 valence electrons. The first kappa shape index (κ1) is 19.8. The predicted molar refractivity (Wildman–Crippen MR) is 102 cm³/mol. The van der Waals surface area contributed by atoms with Gasteiger partial charge in [0.25, 0.3) is 5.56 Å². The quantitative estimate of drug-likeness (QED) is 0.767. The standard InChI is InChI=1S/C18H27N5O3S/c1-6-21-11-19-16-10-22(8-7-15(16)18(21)24)27(25,26)17-13(4)20-23(14(17)5)9-12(2)3/h11-12H,6-10H2,1-5H3. The number of nitrogens with zero attached hydrogens (tertiary/aromatic N) is 5. The first-order chi connectivity index (χ1) is 12.7. The van der Waals surface area contributed by atoms with E-state index in [1.807, 2.05) is 6.92 Å². The summed E-state index contributed by atoms with van der Waals surface area (Å²) < 4.78 is 31.3. The summed E-state index contributed by atoms with van der Waals surface area (Å²) in [5.74, 6) is 0.366. The second kappa shape index (κ2) is 7.20. The fourth-order valence-corrected chi connectivity index (χ4v) is 5.35. The Morgan fingerprint density at radius 2 is 1.96 bits per heavy atom. The van der Waals surface area contributed by atoms with Crippen LogP contribution in [0.5, 0.6) is 0 Å². The van der Waals surface area contributed by atoms with E-state index >= 15 is 0 Å². The minimum absolute atomic E-state index is 0.0725. The molecule has 0 aliphatic carbocycles. The van der Waals surface area contributed by atoms with E-state index in [-0.39, 0.29) is 23.5 Å². The van der Waals surface area contributed by atoms with Crippen LogP contribution < -0.4 is 5.56 Å². The second-order valence-corrected chi connectivity index (χ2v) is 9.30. The van der Waals surface area contributed by atoms with E-state index in [9.17, 15) is 13.2 Å². The van der Waals surface area contributed by atoms with Crippen molar-refractivity contribution in [3.8, 4) is 0 Å². The molecule has 0 radical (unpaired) electrons. The topological polar surface area (TPSA) is 90.1 Å². The molecule has 0 fully saturated rings. The van der Waals surface area contributed by atoms with Crippen molar-refractivity contribution in [3.05, 3.63) is 39.3 Å². The molecule has 27 heavy (non-hydrogen) atoms. The van der Waals surface area contributed by atoms with Gasteiger partial charge in [0.05, 0.1) is 30.0 Å². The normalized spacial score (nSPS) is 15.3. The summed E-state index contributed by atoms with van der Waals surface area (Å²) in [6.45, 7) is 11.2. The molecule has 0 unspecified atom stereocenters. The summed E-state index contributed by atoms with van der Waals surface area (Å²) in [4.78, 5) is 17.0. The number of hydrogen-bond acceptors (Lipinski definition) is 5. The van der Waals surface area contributed by atoms with Gasteiger partial charge in [-0.15, -0.1) is 0 Å². The fraction of sp³-hybridized carbons (Fsp3) is 0.611. The third kappa shape index (κ3) is 3.45. The largest absolute Gasteiger partial charge is 0.299 e. The smallest absolute Gasteiger partial charge is 0.256 e. The molecular weight excluding hydrogens is 366 g/mol. The van der Waals surface area contributed by atoms with E-state index in [4.69, 9.17) is 0 Å². The maximum absolute atomic E-state index is 13.3. The predicted octanol–water partition coefficient (Wildman–Crippen LogP) is 1.48. The highest BCUT2D eigenvalue weighted by atomic mass is 32.2. The van der Waals surface area contributed by atoms with Gasteiger partial charge in [0.15, 0.2) is 0 Å². The zero-order valence-electron chi connectivity index (χ0n) is 16.6. The lowest BCUT2D eigenvalue weighted by Gasteiger charge is -2.27. The van der Waals surface area contributed by atoms with Crippen LogP contribution in [0.15, 0.2) is 16.0 Å². The van der Waals surface area contributed by atoms with E-state index < -0.39 is 10.0 Å². The second-order valence-electron chi connectivity index (χ2n) is 7.43. The average molecular weight is 394 g/mol. The Hall–Kier alpha value is -2.00. The van der Waals surface area contributed by atoms with Crippen molar-refractivity contribution >= 4 is 10.0 Å². The van der Waals surface area contributed by atoms with Crippen LogP contribution in [0.1, 0.15) is 43.4 Å². The first-order valence-corrected chi connectivity index (χ1v) is 10.7. The van der Waals surface area contributed by atoms with E-state index in [0.717, 1.165) is 0 Å². The van der Waals surface area contributed by atoms with Gasteiger partial charge in [-0.2, -0.15) is 9.40 Å². The lowest BCUT2D eigenvalue weighted by molar-refractivity contribution is 0.380.